The van der Waals surface area contributed by atoms with Crippen molar-refractivity contribution in [2.45, 2.75) is 19.0 Å². The predicted octanol–water partition coefficient (Wildman–Crippen LogP) is 5.08. The van der Waals surface area contributed by atoms with E-state index < -0.39 is 15.9 Å². The van der Waals surface area contributed by atoms with E-state index in [1.807, 2.05) is 59.3 Å². The topological polar surface area (TPSA) is 129 Å². The first-order chi connectivity index (χ1) is 19.7. The number of aromatic nitrogens is 4. The van der Waals surface area contributed by atoms with Crippen molar-refractivity contribution < 1.29 is 17.2 Å². The summed E-state index contributed by atoms with van der Waals surface area (Å²) in [5, 5.41) is 9.63. The van der Waals surface area contributed by atoms with Crippen LogP contribution in [0.3, 0.4) is 0 Å². The van der Waals surface area contributed by atoms with Gasteiger partial charge in [-0.3, -0.25) is 4.68 Å². The number of benzene rings is 3. The lowest BCUT2D eigenvalue weighted by atomic mass is 10.1. The quantitative estimate of drug-likeness (QED) is 0.246. The van der Waals surface area contributed by atoms with Gasteiger partial charge in [0, 0.05) is 40.7 Å². The molecule has 41 heavy (non-hydrogen) atoms. The molecule has 3 N–H and O–H groups in total. The molecule has 0 aliphatic heterocycles. The second-order valence-corrected chi connectivity index (χ2v) is 12.3. The van der Waals surface area contributed by atoms with Gasteiger partial charge in [-0.2, -0.15) is 5.10 Å². The van der Waals surface area contributed by atoms with Crippen LogP contribution >= 0.6 is 0 Å². The summed E-state index contributed by atoms with van der Waals surface area (Å²) in [4.78, 5) is 8.88. The van der Waals surface area contributed by atoms with E-state index in [4.69, 9.17) is 10.2 Å². The zero-order valence-corrected chi connectivity index (χ0v) is 23.0. The highest BCUT2D eigenvalue weighted by Crippen LogP contribution is 2.31. The van der Waals surface area contributed by atoms with Crippen LogP contribution in [0.2, 0.25) is 0 Å². The molecule has 208 valence electrons. The molecular weight excluding hydrogens is 543 g/mol. The number of sulfone groups is 1. The van der Waals surface area contributed by atoms with Gasteiger partial charge in [0.25, 0.3) is 0 Å². The van der Waals surface area contributed by atoms with Crippen molar-refractivity contribution in [3.63, 3.8) is 0 Å². The Morgan fingerprint density at radius 1 is 1.05 bits per heavy atom. The molecule has 11 heteroatoms. The van der Waals surface area contributed by atoms with E-state index >= 15 is 0 Å². The van der Waals surface area contributed by atoms with Crippen LogP contribution in [0.1, 0.15) is 11.3 Å². The highest BCUT2D eigenvalue weighted by atomic mass is 32.2. The van der Waals surface area contributed by atoms with Crippen LogP contribution in [0.25, 0.3) is 33.1 Å². The summed E-state index contributed by atoms with van der Waals surface area (Å²) in [6.45, 7) is 0.464. The Hall–Kier alpha value is -4.61. The van der Waals surface area contributed by atoms with Gasteiger partial charge >= 0.3 is 0 Å². The fourth-order valence-electron chi connectivity index (χ4n) is 4.89. The fourth-order valence-corrected chi connectivity index (χ4v) is 5.79. The largest absolute Gasteiger partial charge is 0.461 e. The number of nitrogens with zero attached hydrogens (tertiary/aromatic N) is 4. The molecule has 0 saturated heterocycles. The number of rotatable bonds is 9. The van der Waals surface area contributed by atoms with Gasteiger partial charge in [-0.1, -0.05) is 12.1 Å². The van der Waals surface area contributed by atoms with E-state index in [1.54, 1.807) is 12.3 Å². The molecule has 0 bridgehead atoms. The Bertz CT molecular complexity index is 1990. The van der Waals surface area contributed by atoms with Crippen LogP contribution < -0.4 is 11.1 Å². The summed E-state index contributed by atoms with van der Waals surface area (Å²) in [5.74, 6) is 1.50. The fraction of sp³-hybridized carbons (Fsp3) is 0.167. The van der Waals surface area contributed by atoms with Crippen LogP contribution in [-0.4, -0.2) is 46.2 Å². The number of fused-ring (bicyclic) bond motifs is 2. The Morgan fingerprint density at radius 3 is 2.76 bits per heavy atom. The van der Waals surface area contributed by atoms with E-state index in [0.29, 0.717) is 30.3 Å². The van der Waals surface area contributed by atoms with E-state index in [0.717, 1.165) is 38.6 Å². The lowest BCUT2D eigenvalue weighted by Gasteiger charge is -2.10. The summed E-state index contributed by atoms with van der Waals surface area (Å²) in [6.07, 6.45) is 4.78. The SMILES string of the molecule is CS(=O)(=O)CC(N)Cc1ccc(-c2ccc3ncnc(Nc4ccc5c(cnn5Cc5cccc(F)c5)c4)c3c2)o1. The Balaban J connectivity index is 1.24. The minimum atomic E-state index is -3.17. The number of nitrogens with two attached hydrogens (primary N) is 1. The Kier molecular flexibility index (Phi) is 6.98. The molecule has 0 aliphatic rings. The van der Waals surface area contributed by atoms with Crippen LogP contribution in [0.15, 0.2) is 89.7 Å². The molecule has 0 fully saturated rings. The van der Waals surface area contributed by atoms with Gasteiger partial charge in [-0.15, -0.1) is 0 Å². The monoisotopic (exact) mass is 570 g/mol. The first-order valence-electron chi connectivity index (χ1n) is 12.9. The number of nitrogens with one attached hydrogen (secondary N) is 1. The van der Waals surface area contributed by atoms with E-state index in [1.165, 1.54) is 24.7 Å². The average Bonchev–Trinajstić information content (AvgIpc) is 3.54. The van der Waals surface area contributed by atoms with Gasteiger partial charge in [0.05, 0.1) is 29.5 Å². The standard InChI is InChI=1S/C30H27FN6O3S/c1-41(38,39)17-23(32)14-25-7-10-29(40-25)20-5-8-27-26(13-20)30(34-18-33-27)36-24-6-9-28-21(12-24)15-35-37(28)16-19-3-2-4-22(31)11-19/h2-13,15,18,23H,14,16-17,32H2,1H3,(H,33,34,36). The minimum absolute atomic E-state index is 0.106. The molecule has 3 heterocycles. The zero-order chi connectivity index (χ0) is 28.6. The molecule has 1 atom stereocenters. The van der Waals surface area contributed by atoms with Gasteiger partial charge < -0.3 is 15.5 Å². The van der Waals surface area contributed by atoms with E-state index in [9.17, 15) is 12.8 Å². The highest BCUT2D eigenvalue weighted by Gasteiger charge is 2.15. The summed E-state index contributed by atoms with van der Waals surface area (Å²) < 4.78 is 44.5. The smallest absolute Gasteiger partial charge is 0.148 e. The molecule has 0 radical (unpaired) electrons. The Morgan fingerprint density at radius 2 is 1.93 bits per heavy atom. The number of anilines is 2. The number of halogens is 1. The van der Waals surface area contributed by atoms with Gasteiger partial charge in [-0.25, -0.2) is 22.8 Å². The number of hydrogen-bond acceptors (Lipinski definition) is 8. The molecule has 9 nitrogen and oxygen atoms in total. The molecule has 6 aromatic rings. The first kappa shape index (κ1) is 26.6. The van der Waals surface area contributed by atoms with Gasteiger partial charge in [-0.05, 0) is 66.2 Å². The highest BCUT2D eigenvalue weighted by molar-refractivity contribution is 7.90. The van der Waals surface area contributed by atoms with Gasteiger partial charge in [0.2, 0.25) is 0 Å². The van der Waals surface area contributed by atoms with Crippen molar-refractivity contribution in [3.05, 3.63) is 102 Å². The zero-order valence-electron chi connectivity index (χ0n) is 22.2. The lowest BCUT2D eigenvalue weighted by molar-refractivity contribution is 0.502. The summed E-state index contributed by atoms with van der Waals surface area (Å²) in [7, 11) is -3.17. The van der Waals surface area contributed by atoms with Crippen LogP contribution in [0.5, 0.6) is 0 Å². The van der Waals surface area contributed by atoms with E-state index in [-0.39, 0.29) is 11.6 Å². The maximum absolute atomic E-state index is 13.6. The molecule has 6 rings (SSSR count). The van der Waals surface area contributed by atoms with Crippen LogP contribution in [-0.2, 0) is 22.8 Å². The molecular formula is C30H27FN6O3S. The van der Waals surface area contributed by atoms with Crippen LogP contribution in [0, 0.1) is 5.82 Å². The first-order valence-corrected chi connectivity index (χ1v) is 15.0. The van der Waals surface area contributed by atoms with Crippen molar-refractivity contribution in [2.24, 2.45) is 5.73 Å². The maximum Gasteiger partial charge on any atom is 0.148 e. The maximum atomic E-state index is 13.6. The Labute approximate surface area is 235 Å². The third-order valence-electron chi connectivity index (χ3n) is 6.69. The number of furan rings is 1. The molecule has 3 aromatic heterocycles. The molecule has 0 amide bonds. The van der Waals surface area contributed by atoms with E-state index in [2.05, 4.69) is 20.4 Å². The molecule has 0 spiro atoms. The van der Waals surface area contributed by atoms with Crippen LogP contribution in [0.4, 0.5) is 15.9 Å². The minimum Gasteiger partial charge on any atom is -0.461 e. The summed E-state index contributed by atoms with van der Waals surface area (Å²) in [6, 6.07) is 21.3. The molecule has 0 saturated carbocycles. The third-order valence-corrected chi connectivity index (χ3v) is 7.72. The van der Waals surface area contributed by atoms with Gasteiger partial charge in [0.15, 0.2) is 0 Å². The third kappa shape index (κ3) is 6.11. The second-order valence-electron chi connectivity index (χ2n) is 10.1. The van der Waals surface area contributed by atoms with Crippen molar-refractivity contribution in [1.82, 2.24) is 19.7 Å². The van der Waals surface area contributed by atoms with Crippen molar-refractivity contribution in [1.29, 1.82) is 0 Å². The summed E-state index contributed by atoms with van der Waals surface area (Å²) in [5.41, 5.74) is 10.2. The molecule has 1 unspecified atom stereocenters. The number of hydrogen-bond donors (Lipinski definition) is 2. The molecule has 3 aromatic carbocycles. The van der Waals surface area contributed by atoms with Crippen molar-refractivity contribution in [2.75, 3.05) is 17.3 Å². The normalized spacial score (nSPS) is 12.7. The van der Waals surface area contributed by atoms with Crippen molar-refractivity contribution >= 4 is 43.1 Å². The predicted molar refractivity (Wildman–Crippen MR) is 157 cm³/mol. The van der Waals surface area contributed by atoms with Gasteiger partial charge in [0.1, 0.15) is 39.3 Å². The van der Waals surface area contributed by atoms with Crippen molar-refractivity contribution in [3.8, 4) is 11.3 Å². The second kappa shape index (κ2) is 10.8. The summed E-state index contributed by atoms with van der Waals surface area (Å²) >= 11 is 0. The molecule has 0 aliphatic carbocycles. The lowest BCUT2D eigenvalue weighted by Crippen LogP contribution is -2.31. The average molecular weight is 571 g/mol.